The van der Waals surface area contributed by atoms with Crippen LogP contribution in [0.15, 0.2) is 0 Å². The molecule has 0 aliphatic carbocycles. The van der Waals surface area contributed by atoms with E-state index in [9.17, 15) is 8.42 Å². The second-order valence-corrected chi connectivity index (χ2v) is 8.22. The summed E-state index contributed by atoms with van der Waals surface area (Å²) in [6, 6.07) is 0. The van der Waals surface area contributed by atoms with Crippen molar-refractivity contribution in [3.05, 3.63) is 0 Å². The van der Waals surface area contributed by atoms with Gasteiger partial charge < -0.3 is 4.74 Å². The zero-order valence-corrected chi connectivity index (χ0v) is 14.2. The molecule has 0 rings (SSSR count). The zero-order chi connectivity index (χ0) is 14.8. The predicted octanol–water partition coefficient (Wildman–Crippen LogP) is 4.35. The van der Waals surface area contributed by atoms with Crippen molar-refractivity contribution in [2.75, 3.05) is 19.0 Å². The quantitative estimate of drug-likeness (QED) is 0.397. The van der Waals surface area contributed by atoms with Crippen molar-refractivity contribution in [3.63, 3.8) is 0 Å². The summed E-state index contributed by atoms with van der Waals surface area (Å²) < 4.78 is 28.6. The first-order valence-corrected chi connectivity index (χ1v) is 9.87. The maximum absolute atomic E-state index is 11.4. The van der Waals surface area contributed by atoms with Gasteiger partial charge in [0, 0.05) is 22.7 Å². The Balaban J connectivity index is 4.52. The van der Waals surface area contributed by atoms with Gasteiger partial charge in [0.1, 0.15) is 0 Å². The lowest BCUT2D eigenvalue weighted by molar-refractivity contribution is 0.0421. The van der Waals surface area contributed by atoms with Crippen LogP contribution in [0.4, 0.5) is 0 Å². The topological polar surface area (TPSA) is 43.4 Å². The van der Waals surface area contributed by atoms with Crippen LogP contribution in [-0.4, -0.2) is 27.4 Å². The van der Waals surface area contributed by atoms with E-state index in [1.807, 2.05) is 0 Å². The number of unbranched alkanes of at least 4 members (excludes halogenated alkanes) is 2. The minimum Gasteiger partial charge on any atom is -0.381 e. The van der Waals surface area contributed by atoms with E-state index in [1.54, 1.807) is 0 Å². The molecule has 0 bridgehead atoms. The molecule has 0 unspecified atom stereocenters. The van der Waals surface area contributed by atoms with E-state index < -0.39 is 9.05 Å². The van der Waals surface area contributed by atoms with Crippen molar-refractivity contribution < 1.29 is 13.2 Å². The van der Waals surface area contributed by atoms with Crippen LogP contribution in [0.3, 0.4) is 0 Å². The van der Waals surface area contributed by atoms with Crippen LogP contribution in [0.1, 0.15) is 65.7 Å². The Kier molecular flexibility index (Phi) is 10.1. The number of rotatable bonds is 12. The summed E-state index contributed by atoms with van der Waals surface area (Å²) in [4.78, 5) is 0. The summed E-state index contributed by atoms with van der Waals surface area (Å²) in [5.41, 5.74) is -0.309. The number of ether oxygens (including phenoxy) is 1. The normalized spacial score (nSPS) is 12.8. The molecule has 0 aromatic rings. The SMILES string of the molecule is CCCCCOCC(CCC)(CCC)CS(=O)(=O)Cl. The third-order valence-electron chi connectivity index (χ3n) is 3.34. The molecule has 0 aromatic heterocycles. The van der Waals surface area contributed by atoms with Crippen LogP contribution in [-0.2, 0) is 13.8 Å². The predicted molar refractivity (Wildman–Crippen MR) is 82.2 cm³/mol. The molecule has 3 nitrogen and oxygen atoms in total. The molecule has 0 atom stereocenters. The summed E-state index contributed by atoms with van der Waals surface area (Å²) in [5, 5.41) is 0. The van der Waals surface area contributed by atoms with Crippen molar-refractivity contribution in [2.24, 2.45) is 5.41 Å². The summed E-state index contributed by atoms with van der Waals surface area (Å²) in [6.07, 6.45) is 6.95. The lowest BCUT2D eigenvalue weighted by Gasteiger charge is -2.32. The lowest BCUT2D eigenvalue weighted by Crippen LogP contribution is -2.33. The van der Waals surface area contributed by atoms with Crippen molar-refractivity contribution >= 4 is 19.7 Å². The van der Waals surface area contributed by atoms with Gasteiger partial charge in [0.05, 0.1) is 12.4 Å². The Labute approximate surface area is 123 Å². The fraction of sp³-hybridized carbons (Fsp3) is 1.00. The molecule has 5 heteroatoms. The van der Waals surface area contributed by atoms with Gasteiger partial charge in [-0.15, -0.1) is 0 Å². The van der Waals surface area contributed by atoms with Crippen molar-refractivity contribution in [3.8, 4) is 0 Å². The van der Waals surface area contributed by atoms with E-state index in [2.05, 4.69) is 20.8 Å². The molecule has 0 radical (unpaired) electrons. The van der Waals surface area contributed by atoms with Crippen molar-refractivity contribution in [1.82, 2.24) is 0 Å². The Hall–Kier alpha value is 0.200. The minimum absolute atomic E-state index is 0.0248. The van der Waals surface area contributed by atoms with Gasteiger partial charge in [-0.05, 0) is 19.3 Å². The average Bonchev–Trinajstić information content (AvgIpc) is 2.27. The molecular weight excluding hydrogens is 284 g/mol. The molecule has 0 aliphatic heterocycles. The second kappa shape index (κ2) is 10.0. The molecule has 19 heavy (non-hydrogen) atoms. The van der Waals surface area contributed by atoms with E-state index in [-0.39, 0.29) is 11.2 Å². The Morgan fingerprint density at radius 1 is 1.00 bits per heavy atom. The Morgan fingerprint density at radius 3 is 2.00 bits per heavy atom. The molecule has 0 amide bonds. The van der Waals surface area contributed by atoms with E-state index in [0.717, 1.165) is 44.9 Å². The number of halogens is 1. The minimum atomic E-state index is -3.48. The highest BCUT2D eigenvalue weighted by atomic mass is 35.7. The zero-order valence-electron chi connectivity index (χ0n) is 12.6. The molecule has 116 valence electrons. The Morgan fingerprint density at radius 2 is 1.58 bits per heavy atom. The number of hydrogen-bond acceptors (Lipinski definition) is 3. The van der Waals surface area contributed by atoms with Gasteiger partial charge in [0.2, 0.25) is 9.05 Å². The van der Waals surface area contributed by atoms with Gasteiger partial charge in [0.25, 0.3) is 0 Å². The molecule has 0 saturated heterocycles. The van der Waals surface area contributed by atoms with E-state index >= 15 is 0 Å². The summed E-state index contributed by atoms with van der Waals surface area (Å²) >= 11 is 0. The maximum Gasteiger partial charge on any atom is 0.233 e. The fourth-order valence-electron chi connectivity index (χ4n) is 2.62. The molecular formula is C14H29ClO3S. The van der Waals surface area contributed by atoms with Crippen LogP contribution < -0.4 is 0 Å². The van der Waals surface area contributed by atoms with E-state index in [1.165, 1.54) is 0 Å². The third kappa shape index (κ3) is 9.69. The van der Waals surface area contributed by atoms with Crippen LogP contribution in [0, 0.1) is 5.41 Å². The smallest absolute Gasteiger partial charge is 0.233 e. The first-order valence-electron chi connectivity index (χ1n) is 7.39. The van der Waals surface area contributed by atoms with Crippen LogP contribution in [0.5, 0.6) is 0 Å². The average molecular weight is 313 g/mol. The molecule has 0 aromatic carbocycles. The van der Waals surface area contributed by atoms with Crippen LogP contribution in [0.2, 0.25) is 0 Å². The van der Waals surface area contributed by atoms with Crippen molar-refractivity contribution in [1.29, 1.82) is 0 Å². The molecule has 0 aliphatic rings. The standard InChI is InChI=1S/C14H29ClO3S/c1-4-7-8-11-18-12-14(9-5-2,10-6-3)13-19(15,16)17/h4-13H2,1-3H3. The summed E-state index contributed by atoms with van der Waals surface area (Å²) in [7, 11) is 1.99. The van der Waals surface area contributed by atoms with Crippen LogP contribution >= 0.6 is 10.7 Å². The second-order valence-electron chi connectivity index (χ2n) is 5.44. The highest BCUT2D eigenvalue weighted by Crippen LogP contribution is 2.33. The first-order chi connectivity index (χ1) is 8.89. The molecule has 0 spiro atoms. The summed E-state index contributed by atoms with van der Waals surface area (Å²) in [5.74, 6) is 0.0248. The fourth-order valence-corrected chi connectivity index (χ4v) is 4.42. The van der Waals surface area contributed by atoms with Gasteiger partial charge in [-0.25, -0.2) is 8.42 Å². The van der Waals surface area contributed by atoms with Crippen LogP contribution in [0.25, 0.3) is 0 Å². The molecule has 0 heterocycles. The highest BCUT2D eigenvalue weighted by Gasteiger charge is 2.33. The van der Waals surface area contributed by atoms with Gasteiger partial charge >= 0.3 is 0 Å². The van der Waals surface area contributed by atoms with Gasteiger partial charge in [-0.3, -0.25) is 0 Å². The Bertz CT molecular complexity index is 309. The van der Waals surface area contributed by atoms with E-state index in [4.69, 9.17) is 15.4 Å². The summed E-state index contributed by atoms with van der Waals surface area (Å²) in [6.45, 7) is 7.51. The van der Waals surface area contributed by atoms with Gasteiger partial charge in [0.15, 0.2) is 0 Å². The molecule has 0 saturated carbocycles. The largest absolute Gasteiger partial charge is 0.381 e. The van der Waals surface area contributed by atoms with Crippen molar-refractivity contribution in [2.45, 2.75) is 65.7 Å². The molecule has 0 N–H and O–H groups in total. The monoisotopic (exact) mass is 312 g/mol. The highest BCUT2D eigenvalue weighted by molar-refractivity contribution is 8.13. The maximum atomic E-state index is 11.4. The first kappa shape index (κ1) is 19.2. The molecule has 0 fully saturated rings. The lowest BCUT2D eigenvalue weighted by atomic mass is 9.82. The van der Waals surface area contributed by atoms with Gasteiger partial charge in [-0.2, -0.15) is 0 Å². The van der Waals surface area contributed by atoms with Gasteiger partial charge in [-0.1, -0.05) is 46.5 Å². The third-order valence-corrected chi connectivity index (χ3v) is 4.62. The number of hydrogen-bond donors (Lipinski definition) is 0. The van der Waals surface area contributed by atoms with E-state index in [0.29, 0.717) is 13.2 Å².